The quantitative estimate of drug-likeness (QED) is 0.725. The zero-order valence-corrected chi connectivity index (χ0v) is 10.7. The summed E-state index contributed by atoms with van der Waals surface area (Å²) in [6.07, 6.45) is 0. The molecule has 0 saturated heterocycles. The summed E-state index contributed by atoms with van der Waals surface area (Å²) in [6.45, 7) is 0. The molecule has 2 heterocycles. The van der Waals surface area contributed by atoms with E-state index in [4.69, 9.17) is 21.9 Å². The minimum atomic E-state index is 0.432. The maximum atomic E-state index is 6.02. The molecule has 0 bridgehead atoms. The molecular weight excluding hydrogens is 270 g/mol. The van der Waals surface area contributed by atoms with Gasteiger partial charge in [-0.3, -0.25) is 0 Å². The van der Waals surface area contributed by atoms with Crippen molar-refractivity contribution in [1.29, 1.82) is 0 Å². The number of halogens is 1. The highest BCUT2D eigenvalue weighted by Gasteiger charge is 2.14. The summed E-state index contributed by atoms with van der Waals surface area (Å²) in [5.41, 5.74) is 7.18. The average molecular weight is 278 g/mol. The van der Waals surface area contributed by atoms with Gasteiger partial charge in [0.05, 0.1) is 5.02 Å². The van der Waals surface area contributed by atoms with E-state index in [9.17, 15) is 0 Å². The Morgan fingerprint density at radius 3 is 2.61 bits per heavy atom. The number of hydrogen-bond donors (Lipinski definition) is 1. The van der Waals surface area contributed by atoms with Crippen LogP contribution in [0.25, 0.3) is 22.2 Å². The van der Waals surface area contributed by atoms with Crippen molar-refractivity contribution < 1.29 is 4.52 Å². The molecule has 2 N–H and O–H groups in total. The largest absolute Gasteiger partial charge is 0.399 e. The van der Waals surface area contributed by atoms with Gasteiger partial charge in [-0.05, 0) is 35.7 Å². The van der Waals surface area contributed by atoms with Gasteiger partial charge in [0.1, 0.15) is 4.88 Å². The van der Waals surface area contributed by atoms with Crippen LogP contribution in [0.2, 0.25) is 5.02 Å². The van der Waals surface area contributed by atoms with Crippen molar-refractivity contribution >= 4 is 28.6 Å². The third kappa shape index (κ3) is 1.98. The average Bonchev–Trinajstić information content (AvgIpc) is 2.98. The number of hydrogen-bond acceptors (Lipinski definition) is 5. The lowest BCUT2D eigenvalue weighted by atomic mass is 10.2. The summed E-state index contributed by atoms with van der Waals surface area (Å²) in [5.74, 6) is 0.955. The minimum Gasteiger partial charge on any atom is -0.399 e. The molecule has 2 aromatic heterocycles. The van der Waals surface area contributed by atoms with Gasteiger partial charge in [-0.25, -0.2) is 0 Å². The Hall–Kier alpha value is -1.85. The maximum Gasteiger partial charge on any atom is 0.269 e. The second-order valence-corrected chi connectivity index (χ2v) is 4.97. The van der Waals surface area contributed by atoms with Crippen molar-refractivity contribution in [3.63, 3.8) is 0 Å². The van der Waals surface area contributed by atoms with Crippen LogP contribution in [0.3, 0.4) is 0 Å². The molecule has 18 heavy (non-hydrogen) atoms. The van der Waals surface area contributed by atoms with Crippen molar-refractivity contribution in [2.24, 2.45) is 0 Å². The van der Waals surface area contributed by atoms with E-state index < -0.39 is 0 Å². The molecule has 0 fully saturated rings. The van der Waals surface area contributed by atoms with Gasteiger partial charge in [-0.2, -0.15) is 4.98 Å². The summed E-state index contributed by atoms with van der Waals surface area (Å²) in [7, 11) is 0. The molecule has 0 aliphatic rings. The first-order valence-corrected chi connectivity index (χ1v) is 6.43. The Balaban J connectivity index is 1.99. The molecule has 90 valence electrons. The molecule has 0 unspecified atom stereocenters. The van der Waals surface area contributed by atoms with Crippen LogP contribution < -0.4 is 5.73 Å². The number of aromatic nitrogens is 2. The van der Waals surface area contributed by atoms with E-state index in [1.165, 1.54) is 11.3 Å². The number of nitrogens with zero attached hydrogens (tertiary/aromatic N) is 2. The van der Waals surface area contributed by atoms with Crippen LogP contribution in [0.4, 0.5) is 5.69 Å². The molecule has 1 aromatic carbocycles. The van der Waals surface area contributed by atoms with Gasteiger partial charge in [0.15, 0.2) is 0 Å². The van der Waals surface area contributed by atoms with Crippen molar-refractivity contribution in [2.45, 2.75) is 0 Å². The highest BCUT2D eigenvalue weighted by Crippen LogP contribution is 2.33. The number of rotatable bonds is 2. The lowest BCUT2D eigenvalue weighted by Gasteiger charge is -1.94. The highest BCUT2D eigenvalue weighted by atomic mass is 35.5. The number of nitrogens with two attached hydrogens (primary N) is 1. The Morgan fingerprint density at radius 1 is 1.17 bits per heavy atom. The van der Waals surface area contributed by atoms with Gasteiger partial charge >= 0.3 is 0 Å². The van der Waals surface area contributed by atoms with E-state index in [2.05, 4.69) is 10.1 Å². The summed E-state index contributed by atoms with van der Waals surface area (Å²) in [4.78, 5) is 5.10. The van der Waals surface area contributed by atoms with Gasteiger partial charge in [-0.1, -0.05) is 16.8 Å². The SMILES string of the molecule is Nc1ccc(-c2noc(-c3sccc3Cl)n2)cc1. The first-order chi connectivity index (χ1) is 8.74. The predicted molar refractivity (Wildman–Crippen MR) is 72.5 cm³/mol. The zero-order chi connectivity index (χ0) is 12.5. The van der Waals surface area contributed by atoms with E-state index in [0.717, 1.165) is 10.4 Å². The van der Waals surface area contributed by atoms with Gasteiger partial charge in [0.2, 0.25) is 5.82 Å². The van der Waals surface area contributed by atoms with Crippen LogP contribution in [-0.2, 0) is 0 Å². The van der Waals surface area contributed by atoms with Crippen LogP contribution in [0.15, 0.2) is 40.2 Å². The molecule has 0 aliphatic heterocycles. The van der Waals surface area contributed by atoms with Crippen LogP contribution in [-0.4, -0.2) is 10.1 Å². The first kappa shape index (κ1) is 11.3. The fourth-order valence-electron chi connectivity index (χ4n) is 1.51. The third-order valence-corrected chi connectivity index (χ3v) is 3.74. The first-order valence-electron chi connectivity index (χ1n) is 5.17. The van der Waals surface area contributed by atoms with Crippen LogP contribution >= 0.6 is 22.9 Å². The second kappa shape index (κ2) is 4.44. The van der Waals surface area contributed by atoms with Crippen molar-refractivity contribution in [3.05, 3.63) is 40.7 Å². The number of benzene rings is 1. The monoisotopic (exact) mass is 277 g/mol. The van der Waals surface area contributed by atoms with Crippen molar-refractivity contribution in [2.75, 3.05) is 5.73 Å². The maximum absolute atomic E-state index is 6.02. The fraction of sp³-hybridized carbons (Fsp3) is 0. The molecule has 0 saturated carbocycles. The lowest BCUT2D eigenvalue weighted by Crippen LogP contribution is -1.85. The summed E-state index contributed by atoms with van der Waals surface area (Å²) < 4.78 is 5.21. The second-order valence-electron chi connectivity index (χ2n) is 3.64. The topological polar surface area (TPSA) is 64.9 Å². The Morgan fingerprint density at radius 2 is 1.94 bits per heavy atom. The molecule has 6 heteroatoms. The van der Waals surface area contributed by atoms with Gasteiger partial charge in [0, 0.05) is 11.3 Å². The predicted octanol–water partition coefficient (Wildman–Crippen LogP) is 3.70. The van der Waals surface area contributed by atoms with E-state index >= 15 is 0 Å². The van der Waals surface area contributed by atoms with E-state index in [-0.39, 0.29) is 0 Å². The highest BCUT2D eigenvalue weighted by molar-refractivity contribution is 7.14. The van der Waals surface area contributed by atoms with E-state index in [1.807, 2.05) is 17.5 Å². The third-order valence-electron chi connectivity index (χ3n) is 2.41. The molecule has 0 radical (unpaired) electrons. The molecular formula is C12H8ClN3OS. The van der Waals surface area contributed by atoms with Gasteiger partial charge in [-0.15, -0.1) is 11.3 Å². The molecule has 3 aromatic rings. The van der Waals surface area contributed by atoms with Crippen LogP contribution in [0.5, 0.6) is 0 Å². The van der Waals surface area contributed by atoms with Gasteiger partial charge < -0.3 is 10.3 Å². The summed E-state index contributed by atoms with van der Waals surface area (Å²) in [5, 5.41) is 6.43. The Bertz CT molecular complexity index is 675. The molecule has 0 amide bonds. The summed E-state index contributed by atoms with van der Waals surface area (Å²) >= 11 is 7.48. The van der Waals surface area contributed by atoms with Crippen molar-refractivity contribution in [3.8, 4) is 22.2 Å². The number of thiophene rings is 1. The fourth-order valence-corrected chi connectivity index (χ4v) is 2.57. The smallest absolute Gasteiger partial charge is 0.269 e. The summed E-state index contributed by atoms with van der Waals surface area (Å²) in [6, 6.07) is 9.08. The molecule has 3 rings (SSSR count). The van der Waals surface area contributed by atoms with E-state index in [0.29, 0.717) is 22.4 Å². The van der Waals surface area contributed by atoms with Crippen LogP contribution in [0.1, 0.15) is 0 Å². The van der Waals surface area contributed by atoms with Crippen LogP contribution in [0, 0.1) is 0 Å². The Labute approximate surface area is 112 Å². The minimum absolute atomic E-state index is 0.432. The molecule has 0 aliphatic carbocycles. The van der Waals surface area contributed by atoms with Crippen molar-refractivity contribution in [1.82, 2.24) is 10.1 Å². The molecule has 0 spiro atoms. The standard InChI is InChI=1S/C12H8ClN3OS/c13-9-5-6-18-10(9)12-15-11(16-17-12)7-1-3-8(14)4-2-7/h1-6H,14H2. The zero-order valence-electron chi connectivity index (χ0n) is 9.13. The number of anilines is 1. The number of nitrogen functional groups attached to an aromatic ring is 1. The normalized spacial score (nSPS) is 10.7. The molecule has 4 nitrogen and oxygen atoms in total. The Kier molecular flexibility index (Phi) is 2.77. The van der Waals surface area contributed by atoms with E-state index in [1.54, 1.807) is 18.2 Å². The van der Waals surface area contributed by atoms with Gasteiger partial charge in [0.25, 0.3) is 5.89 Å². The molecule has 0 atom stereocenters. The lowest BCUT2D eigenvalue weighted by molar-refractivity contribution is 0.433.